The van der Waals surface area contributed by atoms with Crippen LogP contribution < -0.4 is 20.1 Å². The lowest BCUT2D eigenvalue weighted by Crippen LogP contribution is -2.23. The highest BCUT2D eigenvalue weighted by Gasteiger charge is 2.04. The van der Waals surface area contributed by atoms with Gasteiger partial charge in [0.25, 0.3) is 0 Å². The zero-order chi connectivity index (χ0) is 19.9. The van der Waals surface area contributed by atoms with E-state index < -0.39 is 0 Å². The number of hydrogen-bond donors (Lipinski definition) is 2. The van der Waals surface area contributed by atoms with Crippen LogP contribution in [0.4, 0.5) is 0 Å². The molecule has 0 amide bonds. The van der Waals surface area contributed by atoms with Crippen molar-refractivity contribution in [3.8, 4) is 11.5 Å². The Hall–Kier alpha value is -2.08. The second-order valence-corrected chi connectivity index (χ2v) is 6.64. The van der Waals surface area contributed by atoms with Crippen LogP contribution in [0.3, 0.4) is 0 Å². The molecule has 0 saturated carbocycles. The van der Waals surface area contributed by atoms with Crippen LogP contribution in [0.5, 0.6) is 11.5 Å². The van der Waals surface area contributed by atoms with Gasteiger partial charge in [0.2, 0.25) is 0 Å². The van der Waals surface area contributed by atoms with Crippen LogP contribution in [0.1, 0.15) is 17.5 Å². The smallest absolute Gasteiger partial charge is 0.160 e. The largest absolute Gasteiger partial charge is 0.493 e. The average molecular weight is 387 g/mol. The van der Waals surface area contributed by atoms with E-state index in [1.807, 2.05) is 12.1 Å². The summed E-state index contributed by atoms with van der Waals surface area (Å²) >= 11 is 0. The van der Waals surface area contributed by atoms with Gasteiger partial charge in [0, 0.05) is 13.2 Å². The van der Waals surface area contributed by atoms with Crippen molar-refractivity contribution in [2.24, 2.45) is 0 Å². The molecule has 0 heterocycles. The van der Waals surface area contributed by atoms with Crippen LogP contribution in [0.25, 0.3) is 0 Å². The highest BCUT2D eigenvalue weighted by molar-refractivity contribution is 5.42. The van der Waals surface area contributed by atoms with Crippen LogP contribution in [-0.2, 0) is 17.6 Å². The molecule has 154 valence electrons. The van der Waals surface area contributed by atoms with Crippen molar-refractivity contribution in [3.05, 3.63) is 59.7 Å². The van der Waals surface area contributed by atoms with Gasteiger partial charge in [-0.05, 0) is 62.2 Å². The molecule has 0 unspecified atom stereocenters. The Balaban J connectivity index is 1.41. The summed E-state index contributed by atoms with van der Waals surface area (Å²) in [6, 6.07) is 16.6. The van der Waals surface area contributed by atoms with Gasteiger partial charge in [0.05, 0.1) is 20.8 Å². The van der Waals surface area contributed by atoms with Gasteiger partial charge in [0.15, 0.2) is 11.5 Å². The third-order valence-electron chi connectivity index (χ3n) is 4.54. The van der Waals surface area contributed by atoms with Crippen LogP contribution in [0, 0.1) is 0 Å². The first kappa shape index (κ1) is 22.2. The fourth-order valence-corrected chi connectivity index (χ4v) is 2.94. The maximum absolute atomic E-state index is 5.68. The molecule has 5 nitrogen and oxygen atoms in total. The second kappa shape index (κ2) is 14.0. The SMILES string of the molecule is COc1ccc(CCNCCOCCCNCCc2ccccc2)cc1OC. The molecule has 2 aromatic rings. The zero-order valence-corrected chi connectivity index (χ0v) is 17.2. The molecular weight excluding hydrogens is 352 g/mol. The number of methoxy groups -OCH3 is 2. The number of benzene rings is 2. The van der Waals surface area contributed by atoms with Crippen LogP contribution >= 0.6 is 0 Å². The molecule has 0 aliphatic rings. The first-order valence-electron chi connectivity index (χ1n) is 10.1. The van der Waals surface area contributed by atoms with Crippen molar-refractivity contribution < 1.29 is 14.2 Å². The van der Waals surface area contributed by atoms with Gasteiger partial charge in [0.1, 0.15) is 0 Å². The van der Waals surface area contributed by atoms with Gasteiger partial charge in [-0.2, -0.15) is 0 Å². The monoisotopic (exact) mass is 386 g/mol. The third kappa shape index (κ3) is 8.74. The number of rotatable bonds is 15. The molecule has 2 N–H and O–H groups in total. The van der Waals surface area contributed by atoms with E-state index in [1.165, 1.54) is 11.1 Å². The molecule has 0 saturated heterocycles. The minimum Gasteiger partial charge on any atom is -0.493 e. The van der Waals surface area contributed by atoms with Gasteiger partial charge in [-0.3, -0.25) is 0 Å². The van der Waals surface area contributed by atoms with Gasteiger partial charge in [-0.15, -0.1) is 0 Å². The van der Waals surface area contributed by atoms with Crippen LogP contribution in [-0.4, -0.2) is 53.6 Å². The standard InChI is InChI=1S/C23H34N2O3/c1-26-22-10-9-21(19-23(22)27-2)12-15-25-16-18-28-17-6-13-24-14-11-20-7-4-3-5-8-20/h3-5,7-10,19,24-25H,6,11-18H2,1-2H3. The lowest BCUT2D eigenvalue weighted by Gasteiger charge is -2.10. The molecule has 0 radical (unpaired) electrons. The summed E-state index contributed by atoms with van der Waals surface area (Å²) in [6.07, 6.45) is 3.07. The Kier molecular flexibility index (Phi) is 11.1. The second-order valence-electron chi connectivity index (χ2n) is 6.64. The highest BCUT2D eigenvalue weighted by atomic mass is 16.5. The van der Waals surface area contributed by atoms with Crippen molar-refractivity contribution >= 4 is 0 Å². The van der Waals surface area contributed by atoms with E-state index in [2.05, 4.69) is 47.0 Å². The molecule has 28 heavy (non-hydrogen) atoms. The van der Waals surface area contributed by atoms with Crippen molar-refractivity contribution in [2.75, 3.05) is 53.6 Å². The summed E-state index contributed by atoms with van der Waals surface area (Å²) in [4.78, 5) is 0. The molecule has 0 atom stereocenters. The fraction of sp³-hybridized carbons (Fsp3) is 0.478. The molecular formula is C23H34N2O3. The van der Waals surface area contributed by atoms with E-state index in [9.17, 15) is 0 Å². The Morgan fingerprint density at radius 1 is 0.679 bits per heavy atom. The van der Waals surface area contributed by atoms with Gasteiger partial charge >= 0.3 is 0 Å². The third-order valence-corrected chi connectivity index (χ3v) is 4.54. The molecule has 0 aromatic heterocycles. The predicted molar refractivity (Wildman–Crippen MR) is 115 cm³/mol. The molecule has 0 fully saturated rings. The Morgan fingerprint density at radius 2 is 1.39 bits per heavy atom. The zero-order valence-electron chi connectivity index (χ0n) is 17.2. The minimum absolute atomic E-state index is 0.746. The predicted octanol–water partition coefficient (Wildman–Crippen LogP) is 3.07. The van der Waals surface area contributed by atoms with Crippen molar-refractivity contribution in [1.29, 1.82) is 0 Å². The summed E-state index contributed by atoms with van der Waals surface area (Å²) in [6.45, 7) is 5.35. The van der Waals surface area contributed by atoms with Crippen molar-refractivity contribution in [1.82, 2.24) is 10.6 Å². The first-order chi connectivity index (χ1) is 13.8. The number of nitrogens with one attached hydrogen (secondary N) is 2. The first-order valence-corrected chi connectivity index (χ1v) is 10.1. The van der Waals surface area contributed by atoms with Crippen molar-refractivity contribution in [2.45, 2.75) is 19.3 Å². The summed E-state index contributed by atoms with van der Waals surface area (Å²) in [5.74, 6) is 1.54. The van der Waals surface area contributed by atoms with E-state index in [-0.39, 0.29) is 0 Å². The Labute approximate surface area is 169 Å². The van der Waals surface area contributed by atoms with Crippen LogP contribution in [0.2, 0.25) is 0 Å². The number of ether oxygens (including phenoxy) is 3. The summed E-state index contributed by atoms with van der Waals surface area (Å²) in [5.41, 5.74) is 2.61. The molecule has 2 aromatic carbocycles. The van der Waals surface area contributed by atoms with Gasteiger partial charge in [-0.25, -0.2) is 0 Å². The lowest BCUT2D eigenvalue weighted by molar-refractivity contribution is 0.133. The summed E-state index contributed by atoms with van der Waals surface area (Å²) < 4.78 is 16.3. The molecule has 2 rings (SSSR count). The molecule has 0 aliphatic heterocycles. The quantitative estimate of drug-likeness (QED) is 0.461. The maximum Gasteiger partial charge on any atom is 0.160 e. The normalized spacial score (nSPS) is 10.8. The van der Waals surface area contributed by atoms with E-state index in [1.54, 1.807) is 14.2 Å². The topological polar surface area (TPSA) is 51.8 Å². The Morgan fingerprint density at radius 3 is 2.14 bits per heavy atom. The Bertz CT molecular complexity index is 650. The lowest BCUT2D eigenvalue weighted by atomic mass is 10.1. The average Bonchev–Trinajstić information content (AvgIpc) is 2.75. The van der Waals surface area contributed by atoms with E-state index >= 15 is 0 Å². The van der Waals surface area contributed by atoms with E-state index in [4.69, 9.17) is 14.2 Å². The molecule has 0 spiro atoms. The fourth-order valence-electron chi connectivity index (χ4n) is 2.94. The van der Waals surface area contributed by atoms with Crippen LogP contribution in [0.15, 0.2) is 48.5 Å². The van der Waals surface area contributed by atoms with Gasteiger partial charge < -0.3 is 24.8 Å². The maximum atomic E-state index is 5.68. The molecule has 0 aliphatic carbocycles. The number of hydrogen-bond acceptors (Lipinski definition) is 5. The molecule has 5 heteroatoms. The summed E-state index contributed by atoms with van der Waals surface area (Å²) in [5, 5.41) is 6.88. The van der Waals surface area contributed by atoms with E-state index in [0.717, 1.165) is 70.2 Å². The van der Waals surface area contributed by atoms with Gasteiger partial charge in [-0.1, -0.05) is 36.4 Å². The minimum atomic E-state index is 0.746. The van der Waals surface area contributed by atoms with Crippen molar-refractivity contribution in [3.63, 3.8) is 0 Å². The summed E-state index contributed by atoms with van der Waals surface area (Å²) in [7, 11) is 3.32. The van der Waals surface area contributed by atoms with E-state index in [0.29, 0.717) is 0 Å². The molecule has 0 bridgehead atoms. The highest BCUT2D eigenvalue weighted by Crippen LogP contribution is 2.27.